The number of anilines is 1. The molecule has 2 N–H and O–H groups in total. The second-order valence-electron chi connectivity index (χ2n) is 3.75. The fraction of sp³-hybridized carbons (Fsp3) is 0.636. The van der Waals surface area contributed by atoms with E-state index in [0.717, 1.165) is 30.9 Å². The van der Waals surface area contributed by atoms with Crippen molar-refractivity contribution in [1.82, 2.24) is 9.97 Å². The van der Waals surface area contributed by atoms with E-state index in [1.54, 1.807) is 6.33 Å². The first kappa shape index (κ1) is 11.9. The average Bonchev–Trinajstić information content (AvgIpc) is 2.27. The predicted molar refractivity (Wildman–Crippen MR) is 60.8 cm³/mol. The third-order valence-corrected chi connectivity index (χ3v) is 2.34. The zero-order chi connectivity index (χ0) is 11.1. The lowest BCUT2D eigenvalue weighted by Crippen LogP contribution is -2.13. The molecule has 0 saturated heterocycles. The third-order valence-electron chi connectivity index (χ3n) is 2.34. The summed E-state index contributed by atoms with van der Waals surface area (Å²) in [7, 11) is 0. The van der Waals surface area contributed by atoms with Gasteiger partial charge in [0, 0.05) is 24.9 Å². The lowest BCUT2D eigenvalue weighted by molar-refractivity contribution is 0.266. The summed E-state index contributed by atoms with van der Waals surface area (Å²) in [6.45, 7) is 5.25. The molecule has 0 bridgehead atoms. The summed E-state index contributed by atoms with van der Waals surface area (Å²) < 4.78 is 0. The van der Waals surface area contributed by atoms with Crippen molar-refractivity contribution >= 4 is 5.82 Å². The van der Waals surface area contributed by atoms with Gasteiger partial charge in [0.25, 0.3) is 0 Å². The molecule has 0 aliphatic carbocycles. The van der Waals surface area contributed by atoms with E-state index in [1.807, 2.05) is 6.07 Å². The Morgan fingerprint density at radius 1 is 1.47 bits per heavy atom. The summed E-state index contributed by atoms with van der Waals surface area (Å²) in [6.07, 6.45) is 3.32. The number of rotatable bonds is 6. The van der Waals surface area contributed by atoms with Crippen LogP contribution >= 0.6 is 0 Å². The van der Waals surface area contributed by atoms with Gasteiger partial charge in [-0.15, -0.1) is 0 Å². The standard InChI is InChI=1S/C11H19N3O/c1-3-10-6-11(14-8-13-10)12-7-9(2)4-5-15/h6,8-9,15H,3-5,7H2,1-2H3,(H,12,13,14). The van der Waals surface area contributed by atoms with Gasteiger partial charge < -0.3 is 10.4 Å². The number of hydrogen-bond acceptors (Lipinski definition) is 4. The number of aliphatic hydroxyl groups is 1. The molecule has 1 unspecified atom stereocenters. The predicted octanol–water partition coefficient (Wildman–Crippen LogP) is 1.47. The molecule has 0 aromatic carbocycles. The second-order valence-corrected chi connectivity index (χ2v) is 3.75. The van der Waals surface area contributed by atoms with Crippen molar-refractivity contribution < 1.29 is 5.11 Å². The fourth-order valence-corrected chi connectivity index (χ4v) is 1.29. The van der Waals surface area contributed by atoms with Crippen LogP contribution in [0.15, 0.2) is 12.4 Å². The van der Waals surface area contributed by atoms with Gasteiger partial charge in [-0.3, -0.25) is 0 Å². The fourth-order valence-electron chi connectivity index (χ4n) is 1.29. The zero-order valence-electron chi connectivity index (χ0n) is 9.40. The molecule has 1 aromatic rings. The lowest BCUT2D eigenvalue weighted by atomic mass is 10.1. The van der Waals surface area contributed by atoms with Gasteiger partial charge in [-0.25, -0.2) is 9.97 Å². The van der Waals surface area contributed by atoms with Crippen LogP contribution < -0.4 is 5.32 Å². The SMILES string of the molecule is CCc1cc(NCC(C)CCO)ncn1. The first-order chi connectivity index (χ1) is 7.26. The Kier molecular flexibility index (Phi) is 5.04. The monoisotopic (exact) mass is 209 g/mol. The minimum atomic E-state index is 0.243. The van der Waals surface area contributed by atoms with E-state index in [2.05, 4.69) is 29.1 Å². The van der Waals surface area contributed by atoms with Crippen LogP contribution in [0, 0.1) is 5.92 Å². The maximum absolute atomic E-state index is 8.76. The molecular formula is C11H19N3O. The summed E-state index contributed by atoms with van der Waals surface area (Å²) in [6, 6.07) is 1.96. The van der Waals surface area contributed by atoms with E-state index in [4.69, 9.17) is 5.11 Å². The van der Waals surface area contributed by atoms with Crippen molar-refractivity contribution in [2.75, 3.05) is 18.5 Å². The van der Waals surface area contributed by atoms with E-state index in [1.165, 1.54) is 0 Å². The molecule has 0 fully saturated rings. The Balaban J connectivity index is 2.43. The molecule has 0 aliphatic rings. The molecule has 4 nitrogen and oxygen atoms in total. The van der Waals surface area contributed by atoms with Crippen molar-refractivity contribution in [1.29, 1.82) is 0 Å². The van der Waals surface area contributed by atoms with Crippen molar-refractivity contribution in [3.8, 4) is 0 Å². The van der Waals surface area contributed by atoms with Gasteiger partial charge in [-0.1, -0.05) is 13.8 Å². The van der Waals surface area contributed by atoms with Crippen LogP contribution in [0.25, 0.3) is 0 Å². The van der Waals surface area contributed by atoms with Crippen molar-refractivity contribution in [2.24, 2.45) is 5.92 Å². The van der Waals surface area contributed by atoms with Gasteiger partial charge in [-0.05, 0) is 18.8 Å². The maximum Gasteiger partial charge on any atom is 0.129 e. The molecule has 1 rings (SSSR count). The first-order valence-electron chi connectivity index (χ1n) is 5.42. The number of hydrogen-bond donors (Lipinski definition) is 2. The van der Waals surface area contributed by atoms with Crippen LogP contribution in [0.1, 0.15) is 26.0 Å². The molecule has 0 saturated carbocycles. The normalized spacial score (nSPS) is 12.5. The molecule has 84 valence electrons. The summed E-state index contributed by atoms with van der Waals surface area (Å²) in [5.41, 5.74) is 1.04. The molecule has 1 atom stereocenters. The van der Waals surface area contributed by atoms with E-state index in [0.29, 0.717) is 5.92 Å². The van der Waals surface area contributed by atoms with Gasteiger partial charge in [0.2, 0.25) is 0 Å². The largest absolute Gasteiger partial charge is 0.396 e. The summed E-state index contributed by atoms with van der Waals surface area (Å²) in [5, 5.41) is 12.0. The summed E-state index contributed by atoms with van der Waals surface area (Å²) in [4.78, 5) is 8.26. The zero-order valence-corrected chi connectivity index (χ0v) is 9.40. The molecule has 15 heavy (non-hydrogen) atoms. The van der Waals surface area contributed by atoms with Crippen LogP contribution in [0.2, 0.25) is 0 Å². The molecule has 0 amide bonds. The van der Waals surface area contributed by atoms with Gasteiger partial charge in [0.1, 0.15) is 12.1 Å². The Morgan fingerprint density at radius 2 is 2.27 bits per heavy atom. The summed E-state index contributed by atoms with van der Waals surface area (Å²) in [5.74, 6) is 1.32. The molecule has 0 spiro atoms. The maximum atomic E-state index is 8.76. The Labute approximate surface area is 90.8 Å². The molecular weight excluding hydrogens is 190 g/mol. The second kappa shape index (κ2) is 6.35. The minimum Gasteiger partial charge on any atom is -0.396 e. The molecule has 0 radical (unpaired) electrons. The first-order valence-corrected chi connectivity index (χ1v) is 5.42. The van der Waals surface area contributed by atoms with Crippen molar-refractivity contribution in [3.63, 3.8) is 0 Å². The Hall–Kier alpha value is -1.16. The average molecular weight is 209 g/mol. The van der Waals surface area contributed by atoms with Gasteiger partial charge in [0.05, 0.1) is 0 Å². The minimum absolute atomic E-state index is 0.243. The highest BCUT2D eigenvalue weighted by Gasteiger charge is 2.02. The van der Waals surface area contributed by atoms with E-state index < -0.39 is 0 Å². The number of aryl methyl sites for hydroxylation is 1. The van der Waals surface area contributed by atoms with Crippen LogP contribution in [-0.2, 0) is 6.42 Å². The van der Waals surface area contributed by atoms with E-state index in [9.17, 15) is 0 Å². The highest BCUT2D eigenvalue weighted by Crippen LogP contribution is 2.07. The highest BCUT2D eigenvalue weighted by molar-refractivity contribution is 5.34. The van der Waals surface area contributed by atoms with Crippen LogP contribution in [-0.4, -0.2) is 28.2 Å². The molecule has 1 heterocycles. The lowest BCUT2D eigenvalue weighted by Gasteiger charge is -2.11. The Bertz CT molecular complexity index is 291. The summed E-state index contributed by atoms with van der Waals surface area (Å²) >= 11 is 0. The number of aliphatic hydroxyl groups excluding tert-OH is 1. The smallest absolute Gasteiger partial charge is 0.129 e. The van der Waals surface area contributed by atoms with E-state index >= 15 is 0 Å². The highest BCUT2D eigenvalue weighted by atomic mass is 16.3. The van der Waals surface area contributed by atoms with Crippen molar-refractivity contribution in [2.45, 2.75) is 26.7 Å². The molecule has 0 aliphatic heterocycles. The van der Waals surface area contributed by atoms with Gasteiger partial charge in [0.15, 0.2) is 0 Å². The quantitative estimate of drug-likeness (QED) is 0.745. The Morgan fingerprint density at radius 3 is 2.93 bits per heavy atom. The number of nitrogens with zero attached hydrogens (tertiary/aromatic N) is 2. The van der Waals surface area contributed by atoms with Crippen molar-refractivity contribution in [3.05, 3.63) is 18.1 Å². The topological polar surface area (TPSA) is 58.0 Å². The molecule has 4 heteroatoms. The van der Waals surface area contributed by atoms with Gasteiger partial charge >= 0.3 is 0 Å². The van der Waals surface area contributed by atoms with Crippen LogP contribution in [0.5, 0.6) is 0 Å². The van der Waals surface area contributed by atoms with Gasteiger partial charge in [-0.2, -0.15) is 0 Å². The third kappa shape index (κ3) is 4.25. The number of aromatic nitrogens is 2. The van der Waals surface area contributed by atoms with Crippen LogP contribution in [0.4, 0.5) is 5.82 Å². The van der Waals surface area contributed by atoms with E-state index in [-0.39, 0.29) is 6.61 Å². The molecule has 1 aromatic heterocycles. The van der Waals surface area contributed by atoms with Crippen LogP contribution in [0.3, 0.4) is 0 Å². The number of nitrogens with one attached hydrogen (secondary N) is 1.